The molecule has 1 saturated heterocycles. The standard InChI is InChI=1S/C21H32O8/c1-20(2,3)29-16-14(23)15(24)18(21(4,5)26-6)28-17(16)19(25)27-11-12-7-9-13(22)10-8-12/h7-10,14-18,22-24H,11H2,1-6H3/t14-,15+,16+,17?,18-/m1/s1. The van der Waals surface area contributed by atoms with E-state index in [1.165, 1.54) is 19.2 Å². The minimum Gasteiger partial charge on any atom is -0.508 e. The Hall–Kier alpha value is -1.71. The first kappa shape index (κ1) is 23.6. The quantitative estimate of drug-likeness (QED) is 0.603. The van der Waals surface area contributed by atoms with Crippen LogP contribution in [0.25, 0.3) is 0 Å². The zero-order valence-corrected chi connectivity index (χ0v) is 17.8. The minimum atomic E-state index is -1.38. The number of methoxy groups -OCH3 is 1. The van der Waals surface area contributed by atoms with E-state index >= 15 is 0 Å². The zero-order valence-electron chi connectivity index (χ0n) is 17.8. The van der Waals surface area contributed by atoms with Gasteiger partial charge in [0.05, 0.1) is 11.2 Å². The summed E-state index contributed by atoms with van der Waals surface area (Å²) in [5.41, 5.74) is -0.995. The van der Waals surface area contributed by atoms with Crippen molar-refractivity contribution in [3.05, 3.63) is 29.8 Å². The van der Waals surface area contributed by atoms with E-state index in [0.29, 0.717) is 5.56 Å². The Kier molecular flexibility index (Phi) is 7.29. The van der Waals surface area contributed by atoms with Crippen LogP contribution in [-0.4, -0.2) is 70.1 Å². The lowest BCUT2D eigenvalue weighted by molar-refractivity contribution is -0.283. The summed E-state index contributed by atoms with van der Waals surface area (Å²) in [6, 6.07) is 6.23. The summed E-state index contributed by atoms with van der Waals surface area (Å²) in [6.45, 7) is 8.66. The fourth-order valence-electron chi connectivity index (χ4n) is 3.12. The number of benzene rings is 1. The van der Waals surface area contributed by atoms with Gasteiger partial charge >= 0.3 is 5.97 Å². The van der Waals surface area contributed by atoms with E-state index < -0.39 is 47.7 Å². The normalized spacial score (nSPS) is 28.2. The Morgan fingerprint density at radius 3 is 2.17 bits per heavy atom. The van der Waals surface area contributed by atoms with Crippen LogP contribution >= 0.6 is 0 Å². The van der Waals surface area contributed by atoms with Crippen molar-refractivity contribution in [2.75, 3.05) is 7.11 Å². The number of carbonyl (C=O) groups excluding carboxylic acids is 1. The van der Waals surface area contributed by atoms with Gasteiger partial charge in [0.1, 0.15) is 36.8 Å². The third-order valence-electron chi connectivity index (χ3n) is 4.84. The van der Waals surface area contributed by atoms with Gasteiger partial charge in [-0.2, -0.15) is 0 Å². The molecule has 0 bridgehead atoms. The topological polar surface area (TPSA) is 115 Å². The first-order chi connectivity index (χ1) is 13.4. The van der Waals surface area contributed by atoms with Crippen molar-refractivity contribution in [2.45, 2.75) is 82.9 Å². The molecular weight excluding hydrogens is 380 g/mol. The van der Waals surface area contributed by atoms with Crippen molar-refractivity contribution in [2.24, 2.45) is 0 Å². The highest BCUT2D eigenvalue weighted by molar-refractivity contribution is 5.76. The molecule has 3 N–H and O–H groups in total. The summed E-state index contributed by atoms with van der Waals surface area (Å²) in [7, 11) is 1.46. The van der Waals surface area contributed by atoms with Crippen molar-refractivity contribution in [1.29, 1.82) is 0 Å². The van der Waals surface area contributed by atoms with Crippen molar-refractivity contribution in [3.63, 3.8) is 0 Å². The average Bonchev–Trinajstić information content (AvgIpc) is 2.63. The van der Waals surface area contributed by atoms with Crippen LogP contribution in [0.4, 0.5) is 0 Å². The number of phenols is 1. The molecule has 0 aliphatic carbocycles. The zero-order chi connectivity index (χ0) is 22.0. The summed E-state index contributed by atoms with van der Waals surface area (Å²) in [5.74, 6) is -0.619. The maximum absolute atomic E-state index is 12.8. The molecule has 0 aromatic heterocycles. The molecule has 29 heavy (non-hydrogen) atoms. The van der Waals surface area contributed by atoms with Gasteiger partial charge in [0, 0.05) is 7.11 Å². The Labute approximate surface area is 171 Å². The predicted molar refractivity (Wildman–Crippen MR) is 104 cm³/mol. The lowest BCUT2D eigenvalue weighted by atomic mass is 9.86. The molecule has 2 rings (SSSR count). The van der Waals surface area contributed by atoms with Crippen molar-refractivity contribution >= 4 is 5.97 Å². The predicted octanol–water partition coefficient (Wildman–Crippen LogP) is 1.53. The molecule has 1 aliphatic heterocycles. The van der Waals surface area contributed by atoms with Gasteiger partial charge in [-0.3, -0.25) is 0 Å². The van der Waals surface area contributed by atoms with Gasteiger partial charge in [0.15, 0.2) is 6.10 Å². The number of phenolic OH excluding ortho intramolecular Hbond substituents is 1. The van der Waals surface area contributed by atoms with Gasteiger partial charge in [0.2, 0.25) is 0 Å². The maximum Gasteiger partial charge on any atom is 0.338 e. The first-order valence-electron chi connectivity index (χ1n) is 9.55. The van der Waals surface area contributed by atoms with E-state index in [0.717, 1.165) is 0 Å². The molecule has 0 radical (unpaired) electrons. The highest BCUT2D eigenvalue weighted by Gasteiger charge is 2.54. The second-order valence-electron chi connectivity index (χ2n) is 8.74. The Morgan fingerprint density at radius 2 is 1.66 bits per heavy atom. The fourth-order valence-corrected chi connectivity index (χ4v) is 3.12. The average molecular weight is 412 g/mol. The number of hydrogen-bond acceptors (Lipinski definition) is 8. The van der Waals surface area contributed by atoms with E-state index in [-0.39, 0.29) is 12.4 Å². The number of aliphatic hydroxyl groups excluding tert-OH is 2. The monoisotopic (exact) mass is 412 g/mol. The second kappa shape index (κ2) is 8.97. The van der Waals surface area contributed by atoms with Gasteiger partial charge in [0.25, 0.3) is 0 Å². The second-order valence-corrected chi connectivity index (χ2v) is 8.74. The molecule has 0 spiro atoms. The first-order valence-corrected chi connectivity index (χ1v) is 9.55. The third-order valence-corrected chi connectivity index (χ3v) is 4.84. The highest BCUT2D eigenvalue weighted by Crippen LogP contribution is 2.33. The third kappa shape index (κ3) is 5.90. The molecule has 0 saturated carbocycles. The molecule has 1 unspecified atom stereocenters. The van der Waals surface area contributed by atoms with Gasteiger partial charge < -0.3 is 34.3 Å². The molecule has 8 heteroatoms. The van der Waals surface area contributed by atoms with Gasteiger partial charge in [-0.25, -0.2) is 4.79 Å². The Morgan fingerprint density at radius 1 is 1.07 bits per heavy atom. The van der Waals surface area contributed by atoms with Crippen LogP contribution in [0, 0.1) is 0 Å². The van der Waals surface area contributed by atoms with Crippen molar-refractivity contribution in [3.8, 4) is 5.75 Å². The molecule has 164 valence electrons. The van der Waals surface area contributed by atoms with Gasteiger partial charge in [-0.05, 0) is 52.3 Å². The lowest BCUT2D eigenvalue weighted by Crippen LogP contribution is -2.66. The summed E-state index contributed by atoms with van der Waals surface area (Å²) < 4.78 is 22.5. The van der Waals surface area contributed by atoms with Crippen LogP contribution in [0.15, 0.2) is 24.3 Å². The molecule has 1 aliphatic rings. The molecule has 1 aromatic rings. The van der Waals surface area contributed by atoms with Gasteiger partial charge in [-0.15, -0.1) is 0 Å². The molecule has 0 amide bonds. The fraction of sp³-hybridized carbons (Fsp3) is 0.667. The largest absolute Gasteiger partial charge is 0.508 e. The molecule has 8 nitrogen and oxygen atoms in total. The van der Waals surface area contributed by atoms with Crippen LogP contribution in [0.3, 0.4) is 0 Å². The maximum atomic E-state index is 12.8. The number of hydrogen-bond donors (Lipinski definition) is 3. The molecule has 1 fully saturated rings. The van der Waals surface area contributed by atoms with Crippen molar-refractivity contribution < 1.29 is 39.1 Å². The van der Waals surface area contributed by atoms with E-state index in [1.54, 1.807) is 46.8 Å². The van der Waals surface area contributed by atoms with Crippen LogP contribution in [0.1, 0.15) is 40.2 Å². The van der Waals surface area contributed by atoms with Crippen LogP contribution in [0.2, 0.25) is 0 Å². The van der Waals surface area contributed by atoms with Gasteiger partial charge in [-0.1, -0.05) is 12.1 Å². The smallest absolute Gasteiger partial charge is 0.338 e. The van der Waals surface area contributed by atoms with E-state index in [4.69, 9.17) is 18.9 Å². The summed E-state index contributed by atoms with van der Waals surface area (Å²) >= 11 is 0. The minimum absolute atomic E-state index is 0.0435. The lowest BCUT2D eigenvalue weighted by Gasteiger charge is -2.47. The Bertz CT molecular complexity index is 679. The Balaban J connectivity index is 2.23. The number of aromatic hydroxyl groups is 1. The van der Waals surface area contributed by atoms with E-state index in [9.17, 15) is 20.1 Å². The summed E-state index contributed by atoms with van der Waals surface area (Å²) in [5, 5.41) is 30.7. The molecule has 5 atom stereocenters. The number of esters is 1. The SMILES string of the molecule is COC(C)(C)[C@@H]1OC(C(=O)OCc2ccc(O)cc2)[C@@H](OC(C)(C)C)[C@H](O)[C@@H]1O. The summed E-state index contributed by atoms with van der Waals surface area (Å²) in [6.07, 6.45) is -6.06. The number of aliphatic hydroxyl groups is 2. The molecular formula is C21H32O8. The molecule has 1 aromatic carbocycles. The highest BCUT2D eigenvalue weighted by atomic mass is 16.6. The number of ether oxygens (including phenoxy) is 4. The summed E-state index contributed by atoms with van der Waals surface area (Å²) in [4.78, 5) is 12.8. The van der Waals surface area contributed by atoms with E-state index in [1.807, 2.05) is 0 Å². The van der Waals surface area contributed by atoms with Crippen molar-refractivity contribution in [1.82, 2.24) is 0 Å². The van der Waals surface area contributed by atoms with E-state index in [2.05, 4.69) is 0 Å². The number of carbonyl (C=O) groups is 1. The number of rotatable bonds is 6. The van der Waals surface area contributed by atoms with Crippen LogP contribution < -0.4 is 0 Å². The molecule has 1 heterocycles. The van der Waals surface area contributed by atoms with Crippen LogP contribution in [0.5, 0.6) is 5.75 Å². The van der Waals surface area contributed by atoms with Crippen LogP contribution in [-0.2, 0) is 30.3 Å².